The van der Waals surface area contributed by atoms with Crippen molar-refractivity contribution in [3.63, 3.8) is 0 Å². The number of hydrogen-bond acceptors (Lipinski definition) is 5. The van der Waals surface area contributed by atoms with Crippen molar-refractivity contribution < 1.29 is 14.3 Å². The molecule has 0 spiro atoms. The summed E-state index contributed by atoms with van der Waals surface area (Å²) in [7, 11) is 2.78. The van der Waals surface area contributed by atoms with E-state index in [1.807, 2.05) is 0 Å². The highest BCUT2D eigenvalue weighted by atomic mass is 16.7. The zero-order valence-electron chi connectivity index (χ0n) is 8.06. The first-order valence-electron chi connectivity index (χ1n) is 4.01. The molecule has 1 heterocycles. The lowest BCUT2D eigenvalue weighted by molar-refractivity contribution is -0.0741. The molecule has 0 bridgehead atoms. The molecule has 0 aliphatic rings. The van der Waals surface area contributed by atoms with Gasteiger partial charge < -0.3 is 15.2 Å². The van der Waals surface area contributed by atoms with E-state index >= 15 is 0 Å². The van der Waals surface area contributed by atoms with Crippen LogP contribution in [0.1, 0.15) is 10.4 Å². The molecule has 0 saturated carbocycles. The molecular formula is C9H12N2O3. The zero-order chi connectivity index (χ0) is 10.6. The molecule has 1 aromatic rings. The zero-order valence-corrected chi connectivity index (χ0v) is 8.06. The molecule has 0 unspecified atom stereocenters. The fourth-order valence-electron chi connectivity index (χ4n) is 1.06. The van der Waals surface area contributed by atoms with Gasteiger partial charge in [0.2, 0.25) is 12.1 Å². The van der Waals surface area contributed by atoms with E-state index in [1.165, 1.54) is 20.4 Å². The Kier molecular flexibility index (Phi) is 3.55. The lowest BCUT2D eigenvalue weighted by Gasteiger charge is -2.12. The number of nitrogens with two attached hydrogens (primary N) is 1. The Hall–Kier alpha value is -1.46. The van der Waals surface area contributed by atoms with Crippen LogP contribution in [0.3, 0.4) is 0 Å². The normalized spacial score (nSPS) is 10.5. The number of pyridine rings is 1. The van der Waals surface area contributed by atoms with Crippen LogP contribution in [-0.4, -0.2) is 31.3 Å². The predicted octanol–water partition coefficient (Wildman–Crippen LogP) is 0.465. The van der Waals surface area contributed by atoms with Gasteiger partial charge in [-0.15, -0.1) is 0 Å². The van der Waals surface area contributed by atoms with E-state index in [0.717, 1.165) is 0 Å². The molecular weight excluding hydrogens is 184 g/mol. The number of carbonyl (C=O) groups is 1. The molecule has 2 N–H and O–H groups in total. The van der Waals surface area contributed by atoms with Crippen LogP contribution < -0.4 is 5.73 Å². The Bertz CT molecular complexity index is 324. The van der Waals surface area contributed by atoms with Crippen LogP contribution in [0.15, 0.2) is 18.3 Å². The number of ketones is 1. The topological polar surface area (TPSA) is 74.4 Å². The van der Waals surface area contributed by atoms with Crippen molar-refractivity contribution in [2.75, 3.05) is 20.0 Å². The molecule has 0 radical (unpaired) electrons. The minimum absolute atomic E-state index is 0.177. The van der Waals surface area contributed by atoms with Crippen LogP contribution in [0.4, 0.5) is 5.82 Å². The van der Waals surface area contributed by atoms with Crippen LogP contribution in [0, 0.1) is 0 Å². The highest BCUT2D eigenvalue weighted by molar-refractivity contribution is 6.02. The maximum atomic E-state index is 11.7. The van der Waals surface area contributed by atoms with Gasteiger partial charge in [-0.25, -0.2) is 4.98 Å². The van der Waals surface area contributed by atoms with E-state index in [9.17, 15) is 4.79 Å². The van der Waals surface area contributed by atoms with Gasteiger partial charge in [-0.3, -0.25) is 4.79 Å². The number of anilines is 1. The second-order valence-corrected chi connectivity index (χ2v) is 2.60. The molecule has 1 rings (SSSR count). The smallest absolute Gasteiger partial charge is 0.222 e. The van der Waals surface area contributed by atoms with E-state index in [-0.39, 0.29) is 11.6 Å². The number of carbonyl (C=O) groups excluding carboxylic acids is 1. The maximum Gasteiger partial charge on any atom is 0.222 e. The van der Waals surface area contributed by atoms with Crippen molar-refractivity contribution in [3.8, 4) is 0 Å². The number of methoxy groups -OCH3 is 2. The van der Waals surface area contributed by atoms with Crippen LogP contribution in [0.2, 0.25) is 0 Å². The highest BCUT2D eigenvalue weighted by Crippen LogP contribution is 2.11. The highest BCUT2D eigenvalue weighted by Gasteiger charge is 2.20. The van der Waals surface area contributed by atoms with E-state index in [0.29, 0.717) is 5.56 Å². The fraction of sp³-hybridized carbons (Fsp3) is 0.333. The Morgan fingerprint density at radius 2 is 2.14 bits per heavy atom. The summed E-state index contributed by atoms with van der Waals surface area (Å²) >= 11 is 0. The summed E-state index contributed by atoms with van der Waals surface area (Å²) in [6.45, 7) is 0. The van der Waals surface area contributed by atoms with Crippen molar-refractivity contribution in [1.82, 2.24) is 4.98 Å². The monoisotopic (exact) mass is 196 g/mol. The molecule has 1 aromatic heterocycles. The summed E-state index contributed by atoms with van der Waals surface area (Å²) in [4.78, 5) is 15.5. The average molecular weight is 196 g/mol. The minimum atomic E-state index is -0.929. The van der Waals surface area contributed by atoms with Crippen molar-refractivity contribution in [2.45, 2.75) is 6.29 Å². The van der Waals surface area contributed by atoms with Gasteiger partial charge in [0.25, 0.3) is 0 Å². The first kappa shape index (κ1) is 10.6. The summed E-state index contributed by atoms with van der Waals surface area (Å²) in [6, 6.07) is 3.21. The molecule has 0 aliphatic heterocycles. The standard InChI is InChI=1S/C9H12N2O3/c1-13-9(14-2)7(12)6-4-3-5-11-8(6)10/h3-5,9H,1-2H3,(H2,10,11). The predicted molar refractivity (Wildman–Crippen MR) is 50.8 cm³/mol. The van der Waals surface area contributed by atoms with E-state index < -0.39 is 6.29 Å². The molecule has 76 valence electrons. The molecule has 0 aromatic carbocycles. The average Bonchev–Trinajstić information content (AvgIpc) is 2.20. The molecule has 0 fully saturated rings. The Balaban J connectivity index is 2.94. The minimum Gasteiger partial charge on any atom is -0.383 e. The van der Waals surface area contributed by atoms with Gasteiger partial charge >= 0.3 is 0 Å². The maximum absolute atomic E-state index is 11.7. The van der Waals surface area contributed by atoms with Gasteiger partial charge in [-0.1, -0.05) is 0 Å². The number of aromatic nitrogens is 1. The first-order valence-corrected chi connectivity index (χ1v) is 4.01. The number of Topliss-reactive ketones (excluding diaryl/α,β-unsaturated/α-hetero) is 1. The molecule has 5 nitrogen and oxygen atoms in total. The lowest BCUT2D eigenvalue weighted by Crippen LogP contribution is -2.25. The van der Waals surface area contributed by atoms with Crippen LogP contribution in [-0.2, 0) is 9.47 Å². The SMILES string of the molecule is COC(OC)C(=O)c1cccnc1N. The number of ether oxygens (including phenoxy) is 2. The third-order valence-corrected chi connectivity index (χ3v) is 1.75. The Labute approximate surface area is 81.8 Å². The summed E-state index contributed by atoms with van der Waals surface area (Å²) in [5.41, 5.74) is 5.83. The number of rotatable bonds is 4. The molecule has 5 heteroatoms. The fourth-order valence-corrected chi connectivity index (χ4v) is 1.06. The van der Waals surface area contributed by atoms with Gasteiger partial charge in [0, 0.05) is 20.4 Å². The van der Waals surface area contributed by atoms with E-state index in [2.05, 4.69) is 4.98 Å². The molecule has 0 aliphatic carbocycles. The Morgan fingerprint density at radius 1 is 1.50 bits per heavy atom. The van der Waals surface area contributed by atoms with Crippen molar-refractivity contribution in [1.29, 1.82) is 0 Å². The molecule has 0 atom stereocenters. The summed E-state index contributed by atoms with van der Waals surface area (Å²) in [5, 5.41) is 0. The summed E-state index contributed by atoms with van der Waals surface area (Å²) in [6.07, 6.45) is 0.585. The van der Waals surface area contributed by atoms with E-state index in [1.54, 1.807) is 12.1 Å². The van der Waals surface area contributed by atoms with Gasteiger partial charge in [-0.05, 0) is 12.1 Å². The number of nitrogen functional groups attached to an aromatic ring is 1. The van der Waals surface area contributed by atoms with Gasteiger partial charge in [0.05, 0.1) is 5.56 Å². The number of nitrogens with zero attached hydrogens (tertiary/aromatic N) is 1. The summed E-state index contributed by atoms with van der Waals surface area (Å²) < 4.78 is 9.63. The molecule has 0 amide bonds. The van der Waals surface area contributed by atoms with Gasteiger partial charge in [0.15, 0.2) is 0 Å². The first-order chi connectivity index (χ1) is 6.70. The van der Waals surface area contributed by atoms with Gasteiger partial charge in [0.1, 0.15) is 5.82 Å². The lowest BCUT2D eigenvalue weighted by atomic mass is 10.1. The largest absolute Gasteiger partial charge is 0.383 e. The van der Waals surface area contributed by atoms with E-state index in [4.69, 9.17) is 15.2 Å². The van der Waals surface area contributed by atoms with Crippen LogP contribution >= 0.6 is 0 Å². The summed E-state index contributed by atoms with van der Waals surface area (Å²) in [5.74, 6) is -0.155. The second kappa shape index (κ2) is 4.69. The van der Waals surface area contributed by atoms with Crippen molar-refractivity contribution in [2.24, 2.45) is 0 Å². The third-order valence-electron chi connectivity index (χ3n) is 1.75. The molecule has 0 saturated heterocycles. The van der Waals surface area contributed by atoms with Crippen LogP contribution in [0.5, 0.6) is 0 Å². The van der Waals surface area contributed by atoms with Gasteiger partial charge in [-0.2, -0.15) is 0 Å². The Morgan fingerprint density at radius 3 is 2.64 bits per heavy atom. The molecule has 14 heavy (non-hydrogen) atoms. The third kappa shape index (κ3) is 2.07. The second-order valence-electron chi connectivity index (χ2n) is 2.60. The van der Waals surface area contributed by atoms with Crippen molar-refractivity contribution in [3.05, 3.63) is 23.9 Å². The van der Waals surface area contributed by atoms with Crippen molar-refractivity contribution >= 4 is 11.6 Å². The number of hydrogen-bond donors (Lipinski definition) is 1. The van der Waals surface area contributed by atoms with Crippen LogP contribution in [0.25, 0.3) is 0 Å². The quantitative estimate of drug-likeness (QED) is 0.559.